The number of piperidine rings is 2. The molecule has 1 atom stereocenters. The van der Waals surface area contributed by atoms with Gasteiger partial charge in [-0.05, 0) is 37.0 Å². The van der Waals surface area contributed by atoms with Crippen LogP contribution in [0, 0.1) is 11.2 Å². The van der Waals surface area contributed by atoms with Crippen LogP contribution in [0.2, 0.25) is 0 Å². The number of likely N-dealkylation sites (tertiary alicyclic amines) is 2. The molecule has 1 aromatic carbocycles. The highest BCUT2D eigenvalue weighted by Crippen LogP contribution is 2.41. The van der Waals surface area contributed by atoms with Gasteiger partial charge in [0, 0.05) is 33.8 Å². The lowest BCUT2D eigenvalue weighted by molar-refractivity contribution is -0.158. The molecule has 0 bridgehead atoms. The van der Waals surface area contributed by atoms with E-state index in [4.69, 9.17) is 9.47 Å². The molecule has 2 fully saturated rings. The Morgan fingerprint density at radius 1 is 1.30 bits per heavy atom. The first-order chi connectivity index (χ1) is 12.9. The fraction of sp³-hybridized carbons (Fsp3) is 0.600. The van der Waals surface area contributed by atoms with Crippen molar-refractivity contribution >= 4 is 11.8 Å². The van der Waals surface area contributed by atoms with Gasteiger partial charge < -0.3 is 19.3 Å². The summed E-state index contributed by atoms with van der Waals surface area (Å²) in [5.41, 5.74) is 0.183. The minimum Gasteiger partial charge on any atom is -0.494 e. The van der Waals surface area contributed by atoms with E-state index in [-0.39, 0.29) is 30.1 Å². The Morgan fingerprint density at radius 3 is 2.59 bits per heavy atom. The van der Waals surface area contributed by atoms with Crippen LogP contribution in [0.25, 0.3) is 0 Å². The van der Waals surface area contributed by atoms with Crippen molar-refractivity contribution in [3.05, 3.63) is 29.6 Å². The number of carbonyl (C=O) groups excluding carboxylic acids is 2. The number of methoxy groups -OCH3 is 2. The Bertz CT molecular complexity index is 716. The summed E-state index contributed by atoms with van der Waals surface area (Å²) in [5, 5.41) is 0. The maximum atomic E-state index is 13.8. The summed E-state index contributed by atoms with van der Waals surface area (Å²) in [6, 6.07) is 4.57. The largest absolute Gasteiger partial charge is 0.494 e. The molecule has 1 unspecified atom stereocenters. The van der Waals surface area contributed by atoms with Crippen molar-refractivity contribution < 1.29 is 23.5 Å². The van der Waals surface area contributed by atoms with Crippen LogP contribution in [0.3, 0.4) is 0 Å². The van der Waals surface area contributed by atoms with Gasteiger partial charge in [0.1, 0.15) is 0 Å². The van der Waals surface area contributed by atoms with Crippen LogP contribution in [0.5, 0.6) is 5.75 Å². The fourth-order valence-electron chi connectivity index (χ4n) is 4.25. The quantitative estimate of drug-likeness (QED) is 0.803. The maximum Gasteiger partial charge on any atom is 0.228 e. The van der Waals surface area contributed by atoms with E-state index in [0.717, 1.165) is 0 Å². The highest BCUT2D eigenvalue weighted by Gasteiger charge is 2.48. The van der Waals surface area contributed by atoms with Gasteiger partial charge in [-0.1, -0.05) is 6.07 Å². The highest BCUT2D eigenvalue weighted by molar-refractivity contribution is 5.84. The third-order valence-electron chi connectivity index (χ3n) is 5.87. The monoisotopic (exact) mass is 378 g/mol. The SMILES string of the molecule is COc1ccc(CC(=O)N2CCC3(CC2)CC(OC)CN(C)C3=O)cc1F. The van der Waals surface area contributed by atoms with Crippen molar-refractivity contribution in [2.45, 2.75) is 31.8 Å². The van der Waals surface area contributed by atoms with E-state index < -0.39 is 11.2 Å². The van der Waals surface area contributed by atoms with E-state index in [1.54, 1.807) is 23.0 Å². The van der Waals surface area contributed by atoms with Crippen molar-refractivity contribution in [2.24, 2.45) is 5.41 Å². The molecule has 0 N–H and O–H groups in total. The molecule has 0 aromatic heterocycles. The lowest BCUT2D eigenvalue weighted by atomic mass is 9.71. The van der Waals surface area contributed by atoms with Gasteiger partial charge in [0.2, 0.25) is 11.8 Å². The molecule has 2 aliphatic heterocycles. The number of hydrogen-bond donors (Lipinski definition) is 0. The Labute approximate surface area is 159 Å². The summed E-state index contributed by atoms with van der Waals surface area (Å²) in [5.74, 6) is -0.199. The number of likely N-dealkylation sites (N-methyl/N-ethyl adjacent to an activating group) is 1. The van der Waals surface area contributed by atoms with Gasteiger partial charge in [0.05, 0.1) is 25.0 Å². The topological polar surface area (TPSA) is 59.1 Å². The van der Waals surface area contributed by atoms with Crippen molar-refractivity contribution in [1.29, 1.82) is 0 Å². The van der Waals surface area contributed by atoms with Crippen molar-refractivity contribution in [3.8, 4) is 5.75 Å². The van der Waals surface area contributed by atoms with E-state index in [2.05, 4.69) is 0 Å². The molecule has 0 aliphatic carbocycles. The average molecular weight is 378 g/mol. The molecule has 27 heavy (non-hydrogen) atoms. The third kappa shape index (κ3) is 3.93. The summed E-state index contributed by atoms with van der Waals surface area (Å²) in [6.45, 7) is 1.68. The fourth-order valence-corrected chi connectivity index (χ4v) is 4.25. The lowest BCUT2D eigenvalue weighted by Crippen LogP contribution is -2.57. The standard InChI is InChI=1S/C20H27FN2O4/c1-22-13-15(26-2)12-20(19(22)25)6-8-23(9-7-20)18(24)11-14-4-5-17(27-3)16(21)10-14/h4-5,10,15H,6-9,11-13H2,1-3H3. The molecular formula is C20H27FN2O4. The zero-order chi connectivity index (χ0) is 19.6. The number of rotatable bonds is 4. The molecule has 1 aromatic rings. The van der Waals surface area contributed by atoms with Crippen LogP contribution >= 0.6 is 0 Å². The minimum atomic E-state index is -0.471. The van der Waals surface area contributed by atoms with Gasteiger partial charge in [-0.25, -0.2) is 4.39 Å². The molecule has 2 heterocycles. The minimum absolute atomic E-state index is 0.0391. The predicted molar refractivity (Wildman–Crippen MR) is 98.0 cm³/mol. The van der Waals surface area contributed by atoms with Crippen molar-refractivity contribution in [3.63, 3.8) is 0 Å². The second-order valence-corrected chi connectivity index (χ2v) is 7.55. The number of amides is 2. The average Bonchev–Trinajstić information content (AvgIpc) is 2.66. The number of ether oxygens (including phenoxy) is 2. The van der Waals surface area contributed by atoms with Crippen molar-refractivity contribution in [2.75, 3.05) is 40.9 Å². The van der Waals surface area contributed by atoms with Gasteiger partial charge in [-0.2, -0.15) is 0 Å². The third-order valence-corrected chi connectivity index (χ3v) is 5.87. The Hall–Kier alpha value is -2.15. The van der Waals surface area contributed by atoms with E-state index in [9.17, 15) is 14.0 Å². The smallest absolute Gasteiger partial charge is 0.228 e. The summed E-state index contributed by atoms with van der Waals surface area (Å²) in [6.07, 6.45) is 2.16. The predicted octanol–water partition coefficient (Wildman–Crippen LogP) is 1.86. The maximum absolute atomic E-state index is 13.8. The summed E-state index contributed by atoms with van der Waals surface area (Å²) < 4.78 is 24.2. The molecular weight excluding hydrogens is 351 g/mol. The van der Waals surface area contributed by atoms with E-state index in [1.807, 2.05) is 7.05 Å². The molecule has 2 aliphatic rings. The van der Waals surface area contributed by atoms with Crippen LogP contribution in [-0.4, -0.2) is 68.6 Å². The molecule has 2 saturated heterocycles. The Kier molecular flexibility index (Phi) is 5.69. The second kappa shape index (κ2) is 7.84. The Morgan fingerprint density at radius 2 is 2.00 bits per heavy atom. The number of benzene rings is 1. The molecule has 6 nitrogen and oxygen atoms in total. The first-order valence-corrected chi connectivity index (χ1v) is 9.27. The van der Waals surface area contributed by atoms with Crippen LogP contribution < -0.4 is 4.74 Å². The molecule has 1 spiro atoms. The first-order valence-electron chi connectivity index (χ1n) is 9.27. The van der Waals surface area contributed by atoms with E-state index in [0.29, 0.717) is 44.5 Å². The molecule has 148 valence electrons. The van der Waals surface area contributed by atoms with Crippen LogP contribution in [-0.2, 0) is 20.7 Å². The number of nitrogens with zero attached hydrogens (tertiary/aromatic N) is 2. The summed E-state index contributed by atoms with van der Waals surface area (Å²) in [7, 11) is 4.89. The van der Waals surface area contributed by atoms with Crippen LogP contribution in [0.15, 0.2) is 18.2 Å². The van der Waals surface area contributed by atoms with Crippen LogP contribution in [0.4, 0.5) is 4.39 Å². The number of carbonyl (C=O) groups is 2. The van der Waals surface area contributed by atoms with Gasteiger partial charge >= 0.3 is 0 Å². The highest BCUT2D eigenvalue weighted by atomic mass is 19.1. The molecule has 3 rings (SSSR count). The molecule has 0 saturated carbocycles. The van der Waals surface area contributed by atoms with E-state index in [1.165, 1.54) is 19.2 Å². The normalized spacial score (nSPS) is 22.2. The summed E-state index contributed by atoms with van der Waals surface area (Å²) in [4.78, 5) is 28.9. The zero-order valence-electron chi connectivity index (χ0n) is 16.2. The zero-order valence-corrected chi connectivity index (χ0v) is 16.2. The van der Waals surface area contributed by atoms with Crippen LogP contribution in [0.1, 0.15) is 24.8 Å². The molecule has 7 heteroatoms. The molecule has 0 radical (unpaired) electrons. The van der Waals surface area contributed by atoms with Gasteiger partial charge in [-0.3, -0.25) is 9.59 Å². The number of halogens is 1. The summed E-state index contributed by atoms with van der Waals surface area (Å²) >= 11 is 0. The van der Waals surface area contributed by atoms with Crippen molar-refractivity contribution in [1.82, 2.24) is 9.80 Å². The number of hydrogen-bond acceptors (Lipinski definition) is 4. The van der Waals surface area contributed by atoms with E-state index >= 15 is 0 Å². The van der Waals surface area contributed by atoms with Gasteiger partial charge in [-0.15, -0.1) is 0 Å². The lowest BCUT2D eigenvalue weighted by Gasteiger charge is -2.47. The Balaban J connectivity index is 1.62. The van der Waals surface area contributed by atoms with Gasteiger partial charge in [0.25, 0.3) is 0 Å². The first kappa shape index (κ1) is 19.6. The second-order valence-electron chi connectivity index (χ2n) is 7.55. The molecule has 2 amide bonds. The van der Waals surface area contributed by atoms with Gasteiger partial charge in [0.15, 0.2) is 11.6 Å².